The molecular weight excluding hydrogens is 377 g/mol. The summed E-state index contributed by atoms with van der Waals surface area (Å²) in [5, 5.41) is 0. The van der Waals surface area contributed by atoms with Crippen molar-refractivity contribution >= 4 is 6.29 Å². The molecule has 0 unspecified atom stereocenters. The van der Waals surface area contributed by atoms with Crippen LogP contribution in [0, 0.1) is 17.5 Å². The molecule has 150 valence electrons. The van der Waals surface area contributed by atoms with Crippen LogP contribution >= 0.6 is 0 Å². The Morgan fingerprint density at radius 3 is 2.24 bits per heavy atom. The number of ether oxygens (including phenoxy) is 1. The van der Waals surface area contributed by atoms with Gasteiger partial charge in [0.25, 0.3) is 0 Å². The van der Waals surface area contributed by atoms with Gasteiger partial charge in [0.15, 0.2) is 11.6 Å². The summed E-state index contributed by atoms with van der Waals surface area (Å²) in [6.07, 6.45) is 1.66. The van der Waals surface area contributed by atoms with Crippen molar-refractivity contribution in [2.45, 2.75) is 26.4 Å². The van der Waals surface area contributed by atoms with Crippen LogP contribution in [0.15, 0.2) is 54.6 Å². The number of aldehydes is 1. The number of carbonyl (C=O) groups excluding carboxylic acids is 1. The van der Waals surface area contributed by atoms with Crippen LogP contribution in [-0.4, -0.2) is 12.9 Å². The molecule has 3 rings (SSSR count). The third-order valence-corrected chi connectivity index (χ3v) is 4.79. The van der Waals surface area contributed by atoms with Crippen LogP contribution in [0.5, 0.6) is 0 Å². The summed E-state index contributed by atoms with van der Waals surface area (Å²) in [4.78, 5) is 10.7. The first kappa shape index (κ1) is 20.8. The molecule has 29 heavy (non-hydrogen) atoms. The molecule has 0 spiro atoms. The summed E-state index contributed by atoms with van der Waals surface area (Å²) in [7, 11) is 0. The third kappa shape index (κ3) is 4.93. The number of aryl methyl sites for hydroxylation is 2. The highest BCUT2D eigenvalue weighted by Gasteiger charge is 2.15. The van der Waals surface area contributed by atoms with E-state index in [4.69, 9.17) is 4.74 Å². The van der Waals surface area contributed by atoms with Crippen LogP contribution < -0.4 is 0 Å². The van der Waals surface area contributed by atoms with Gasteiger partial charge in [0.2, 0.25) is 0 Å². The summed E-state index contributed by atoms with van der Waals surface area (Å²) in [5.41, 5.74) is 2.71. The van der Waals surface area contributed by atoms with Crippen LogP contribution in [0.1, 0.15) is 34.0 Å². The highest BCUT2D eigenvalue weighted by atomic mass is 19.2. The smallest absolute Gasteiger partial charge is 0.167 e. The number of halogens is 3. The maximum absolute atomic E-state index is 14.5. The van der Waals surface area contributed by atoms with E-state index in [2.05, 4.69) is 0 Å². The average Bonchev–Trinajstić information content (AvgIpc) is 2.74. The second kappa shape index (κ2) is 9.52. The Bertz CT molecular complexity index is 998. The van der Waals surface area contributed by atoms with E-state index in [1.807, 2.05) is 12.1 Å². The Labute approximate surface area is 168 Å². The lowest BCUT2D eigenvalue weighted by atomic mass is 9.98. The number of rotatable bonds is 8. The average molecular weight is 398 g/mol. The molecule has 0 aliphatic heterocycles. The fraction of sp³-hybridized carbons (Fsp3) is 0.208. The molecule has 0 atom stereocenters. The first-order valence-corrected chi connectivity index (χ1v) is 9.41. The second-order valence-corrected chi connectivity index (χ2v) is 6.70. The van der Waals surface area contributed by atoms with Crippen LogP contribution in [-0.2, 0) is 24.2 Å². The van der Waals surface area contributed by atoms with Gasteiger partial charge < -0.3 is 4.74 Å². The molecule has 0 saturated carbocycles. The molecule has 0 aliphatic carbocycles. The molecule has 3 aromatic rings. The van der Waals surface area contributed by atoms with Crippen molar-refractivity contribution in [3.05, 3.63) is 94.3 Å². The molecule has 0 N–H and O–H groups in total. The molecule has 0 aliphatic rings. The molecule has 0 bridgehead atoms. The van der Waals surface area contributed by atoms with Crippen molar-refractivity contribution in [1.29, 1.82) is 0 Å². The Balaban J connectivity index is 1.72. The number of hydrogen-bond donors (Lipinski definition) is 0. The zero-order chi connectivity index (χ0) is 20.8. The van der Waals surface area contributed by atoms with E-state index in [0.29, 0.717) is 42.4 Å². The van der Waals surface area contributed by atoms with Crippen molar-refractivity contribution in [2.24, 2.45) is 0 Å². The van der Waals surface area contributed by atoms with Crippen molar-refractivity contribution in [3.8, 4) is 11.1 Å². The first-order chi connectivity index (χ1) is 14.0. The maximum atomic E-state index is 14.5. The van der Waals surface area contributed by atoms with E-state index >= 15 is 0 Å². The fourth-order valence-corrected chi connectivity index (χ4v) is 3.11. The predicted octanol–water partition coefficient (Wildman–Crippen LogP) is 5.91. The van der Waals surface area contributed by atoms with Crippen LogP contribution in [0.25, 0.3) is 11.1 Å². The van der Waals surface area contributed by atoms with E-state index in [0.717, 1.165) is 5.56 Å². The summed E-state index contributed by atoms with van der Waals surface area (Å²) >= 11 is 0. The van der Waals surface area contributed by atoms with Gasteiger partial charge in [0, 0.05) is 23.3 Å². The lowest BCUT2D eigenvalue weighted by Crippen LogP contribution is -2.00. The fourth-order valence-electron chi connectivity index (χ4n) is 3.11. The molecule has 3 aromatic carbocycles. The monoisotopic (exact) mass is 398 g/mol. The van der Waals surface area contributed by atoms with E-state index in [-0.39, 0.29) is 17.7 Å². The highest BCUT2D eigenvalue weighted by molar-refractivity contribution is 5.74. The molecular formula is C24H21F3O2. The largest absolute Gasteiger partial charge is 0.377 e. The Hall–Kier alpha value is -2.92. The minimum Gasteiger partial charge on any atom is -0.377 e. The first-order valence-electron chi connectivity index (χ1n) is 9.41. The minimum atomic E-state index is -0.896. The van der Waals surface area contributed by atoms with Gasteiger partial charge in [0.05, 0.1) is 6.61 Å². The van der Waals surface area contributed by atoms with Crippen molar-refractivity contribution in [2.75, 3.05) is 6.61 Å². The molecule has 0 saturated heterocycles. The van der Waals surface area contributed by atoms with Crippen molar-refractivity contribution in [1.82, 2.24) is 0 Å². The van der Waals surface area contributed by atoms with E-state index in [1.54, 1.807) is 37.3 Å². The van der Waals surface area contributed by atoms with Gasteiger partial charge in [-0.2, -0.15) is 0 Å². The molecule has 0 radical (unpaired) electrons. The van der Waals surface area contributed by atoms with Crippen molar-refractivity contribution in [3.63, 3.8) is 0 Å². The molecule has 2 nitrogen and oxygen atoms in total. The van der Waals surface area contributed by atoms with E-state index in [9.17, 15) is 18.0 Å². The Morgan fingerprint density at radius 2 is 1.59 bits per heavy atom. The normalized spacial score (nSPS) is 10.9. The molecule has 0 aromatic heterocycles. The van der Waals surface area contributed by atoms with Crippen LogP contribution in [0.3, 0.4) is 0 Å². The van der Waals surface area contributed by atoms with Gasteiger partial charge >= 0.3 is 0 Å². The third-order valence-electron chi connectivity index (χ3n) is 4.79. The molecule has 0 amide bonds. The standard InChI is InChI=1S/C24H21F3O2/c1-2-29-15-20-11-12-21(24(27)23(20)26)18-7-3-16(4-8-18)5-9-19-10-6-17(14-28)13-22(19)25/h3-4,6-8,10-14H,2,5,9,15H2,1H3. The van der Waals surface area contributed by atoms with Crippen LogP contribution in [0.2, 0.25) is 0 Å². The van der Waals surface area contributed by atoms with Gasteiger partial charge in [-0.25, -0.2) is 13.2 Å². The number of carbonyl (C=O) groups is 1. The number of hydrogen-bond acceptors (Lipinski definition) is 2. The van der Waals surface area contributed by atoms with E-state index < -0.39 is 17.5 Å². The summed E-state index contributed by atoms with van der Waals surface area (Å²) < 4.78 is 47.8. The van der Waals surface area contributed by atoms with Crippen LogP contribution in [0.4, 0.5) is 13.2 Å². The summed E-state index contributed by atoms with van der Waals surface area (Å²) in [6, 6.07) is 14.6. The Kier molecular flexibility index (Phi) is 6.83. The van der Waals surface area contributed by atoms with E-state index in [1.165, 1.54) is 12.1 Å². The summed E-state index contributed by atoms with van der Waals surface area (Å²) in [6.45, 7) is 2.25. The minimum absolute atomic E-state index is 0.0306. The SMILES string of the molecule is CCOCc1ccc(-c2ccc(CCc3ccc(C=O)cc3F)cc2)c(F)c1F. The van der Waals surface area contributed by atoms with Gasteiger partial charge in [-0.3, -0.25) is 4.79 Å². The quantitative estimate of drug-likeness (QED) is 0.441. The topological polar surface area (TPSA) is 26.3 Å². The zero-order valence-corrected chi connectivity index (χ0v) is 16.1. The van der Waals surface area contributed by atoms with Gasteiger partial charge in [0.1, 0.15) is 12.1 Å². The second-order valence-electron chi connectivity index (χ2n) is 6.70. The molecule has 0 heterocycles. The van der Waals surface area contributed by atoms with Crippen molar-refractivity contribution < 1.29 is 22.7 Å². The highest BCUT2D eigenvalue weighted by Crippen LogP contribution is 2.27. The van der Waals surface area contributed by atoms with Gasteiger partial charge in [-0.15, -0.1) is 0 Å². The Morgan fingerprint density at radius 1 is 0.862 bits per heavy atom. The molecule has 5 heteroatoms. The van der Waals surface area contributed by atoms with Gasteiger partial charge in [-0.1, -0.05) is 48.5 Å². The maximum Gasteiger partial charge on any atom is 0.167 e. The molecule has 0 fully saturated rings. The predicted molar refractivity (Wildman–Crippen MR) is 106 cm³/mol. The van der Waals surface area contributed by atoms with Gasteiger partial charge in [-0.05, 0) is 42.5 Å². The summed E-state index contributed by atoms with van der Waals surface area (Å²) in [5.74, 6) is -2.20. The lowest BCUT2D eigenvalue weighted by molar-refractivity contribution is 0.112. The zero-order valence-electron chi connectivity index (χ0n) is 16.1. The number of benzene rings is 3. The lowest BCUT2D eigenvalue weighted by Gasteiger charge is -2.10.